The quantitative estimate of drug-likeness (QED) is 0.804. The van der Waals surface area contributed by atoms with Crippen molar-refractivity contribution in [3.63, 3.8) is 0 Å². The Labute approximate surface area is 127 Å². The van der Waals surface area contributed by atoms with E-state index in [1.54, 1.807) is 0 Å². The molecule has 0 saturated heterocycles. The summed E-state index contributed by atoms with van der Waals surface area (Å²) in [6.07, 6.45) is -0.703. The van der Waals surface area contributed by atoms with Crippen LogP contribution in [0.4, 0.5) is 18.9 Å². The van der Waals surface area contributed by atoms with Crippen LogP contribution in [0.15, 0.2) is 53.7 Å². The molecule has 0 spiro atoms. The van der Waals surface area contributed by atoms with Crippen molar-refractivity contribution in [2.45, 2.75) is 6.18 Å². The van der Waals surface area contributed by atoms with Crippen LogP contribution < -0.4 is 5.32 Å². The van der Waals surface area contributed by atoms with Crippen molar-refractivity contribution < 1.29 is 22.4 Å². The summed E-state index contributed by atoms with van der Waals surface area (Å²) in [5.41, 5.74) is -0.710. The Bertz CT molecular complexity index is 811. The van der Waals surface area contributed by atoms with E-state index in [0.717, 1.165) is 12.1 Å². The molecule has 0 radical (unpaired) electrons. The fourth-order valence-electron chi connectivity index (χ4n) is 1.94. The van der Waals surface area contributed by atoms with Gasteiger partial charge in [0.05, 0.1) is 23.2 Å². The third-order valence-corrected chi connectivity index (χ3v) is 2.98. The van der Waals surface area contributed by atoms with E-state index >= 15 is 0 Å². The minimum atomic E-state index is -4.54. The summed E-state index contributed by atoms with van der Waals surface area (Å²) in [4.78, 5) is 15.8. The lowest BCUT2D eigenvalue weighted by Gasteiger charge is -2.13. The van der Waals surface area contributed by atoms with Crippen molar-refractivity contribution in [3.8, 4) is 5.69 Å². The minimum Gasteiger partial charge on any atom is -0.459 e. The van der Waals surface area contributed by atoms with Crippen molar-refractivity contribution >= 4 is 11.6 Å². The van der Waals surface area contributed by atoms with Crippen LogP contribution in [0.1, 0.15) is 16.1 Å². The molecule has 0 atom stereocenters. The van der Waals surface area contributed by atoms with Crippen LogP contribution in [0, 0.1) is 0 Å². The fraction of sp³-hybridized carbons (Fsp3) is 0.0714. The van der Waals surface area contributed by atoms with Gasteiger partial charge in [-0.15, -0.1) is 0 Å². The average molecular weight is 322 g/mol. The van der Waals surface area contributed by atoms with Crippen molar-refractivity contribution in [1.82, 2.24) is 14.8 Å². The Morgan fingerprint density at radius 2 is 2.09 bits per heavy atom. The standard InChI is InChI=1S/C14H9F3N4O2/c15-14(16,17)9-3-4-11(21-8-18-7-19-21)10(6-9)20-13(22)12-2-1-5-23-12/h1-8H,(H,20,22). The van der Waals surface area contributed by atoms with Crippen LogP contribution in [0.3, 0.4) is 0 Å². The second-order valence-corrected chi connectivity index (χ2v) is 4.50. The third-order valence-electron chi connectivity index (χ3n) is 2.98. The van der Waals surface area contributed by atoms with Crippen molar-refractivity contribution in [2.24, 2.45) is 0 Å². The molecule has 1 N–H and O–H groups in total. The van der Waals surface area contributed by atoms with Gasteiger partial charge in [-0.1, -0.05) is 0 Å². The summed E-state index contributed by atoms with van der Waals surface area (Å²) in [6, 6.07) is 5.84. The first-order chi connectivity index (χ1) is 10.9. The molecule has 6 nitrogen and oxygen atoms in total. The fourth-order valence-corrected chi connectivity index (χ4v) is 1.94. The second-order valence-electron chi connectivity index (χ2n) is 4.50. The first-order valence-electron chi connectivity index (χ1n) is 6.36. The topological polar surface area (TPSA) is 73.0 Å². The van der Waals surface area contributed by atoms with Gasteiger partial charge in [-0.05, 0) is 30.3 Å². The molecule has 0 unspecified atom stereocenters. The Balaban J connectivity index is 2.02. The molecule has 0 aliphatic heterocycles. The van der Waals surface area contributed by atoms with E-state index in [9.17, 15) is 18.0 Å². The lowest BCUT2D eigenvalue weighted by atomic mass is 10.1. The van der Waals surface area contributed by atoms with Gasteiger partial charge < -0.3 is 9.73 Å². The summed E-state index contributed by atoms with van der Waals surface area (Å²) >= 11 is 0. The van der Waals surface area contributed by atoms with E-state index in [2.05, 4.69) is 15.4 Å². The maximum absolute atomic E-state index is 12.9. The van der Waals surface area contributed by atoms with Crippen LogP contribution in [-0.4, -0.2) is 20.7 Å². The lowest BCUT2D eigenvalue weighted by Crippen LogP contribution is -2.15. The Morgan fingerprint density at radius 1 is 1.26 bits per heavy atom. The number of carbonyl (C=O) groups is 1. The van der Waals surface area contributed by atoms with Gasteiger partial charge in [-0.25, -0.2) is 9.67 Å². The zero-order valence-corrected chi connectivity index (χ0v) is 11.4. The molecule has 2 heterocycles. The molecule has 23 heavy (non-hydrogen) atoms. The number of amides is 1. The molecule has 3 rings (SSSR count). The molecular weight excluding hydrogens is 313 g/mol. The molecule has 118 valence electrons. The maximum Gasteiger partial charge on any atom is 0.416 e. The van der Waals surface area contributed by atoms with Crippen LogP contribution in [0.2, 0.25) is 0 Å². The highest BCUT2D eigenvalue weighted by Gasteiger charge is 2.31. The number of benzene rings is 1. The number of anilines is 1. The molecule has 0 aliphatic carbocycles. The predicted molar refractivity (Wildman–Crippen MR) is 73.0 cm³/mol. The highest BCUT2D eigenvalue weighted by atomic mass is 19.4. The molecule has 9 heteroatoms. The van der Waals surface area contributed by atoms with E-state index in [-0.39, 0.29) is 17.1 Å². The van der Waals surface area contributed by atoms with Crippen LogP contribution in [0.25, 0.3) is 5.69 Å². The van der Waals surface area contributed by atoms with E-state index in [1.165, 1.54) is 41.8 Å². The van der Waals surface area contributed by atoms with Crippen LogP contribution in [0.5, 0.6) is 0 Å². The summed E-state index contributed by atoms with van der Waals surface area (Å²) in [5, 5.41) is 6.25. The molecule has 1 aromatic carbocycles. The first kappa shape index (κ1) is 14.8. The number of hydrogen-bond donors (Lipinski definition) is 1. The lowest BCUT2D eigenvalue weighted by molar-refractivity contribution is -0.137. The van der Waals surface area contributed by atoms with Gasteiger partial charge in [0.15, 0.2) is 5.76 Å². The number of furan rings is 1. The summed E-state index contributed by atoms with van der Waals surface area (Å²) in [6.45, 7) is 0. The highest BCUT2D eigenvalue weighted by Crippen LogP contribution is 2.33. The van der Waals surface area contributed by atoms with Gasteiger partial charge >= 0.3 is 6.18 Å². The van der Waals surface area contributed by atoms with Gasteiger partial charge in [0.1, 0.15) is 12.7 Å². The molecule has 0 saturated carbocycles. The normalized spacial score (nSPS) is 11.4. The Hall–Kier alpha value is -3.10. The van der Waals surface area contributed by atoms with Gasteiger partial charge in [-0.3, -0.25) is 4.79 Å². The number of nitrogens with one attached hydrogen (secondary N) is 1. The monoisotopic (exact) mass is 322 g/mol. The van der Waals surface area contributed by atoms with Crippen LogP contribution >= 0.6 is 0 Å². The Kier molecular flexibility index (Phi) is 3.61. The zero-order valence-electron chi connectivity index (χ0n) is 11.4. The van der Waals surface area contributed by atoms with E-state index < -0.39 is 17.6 Å². The molecule has 3 aromatic rings. The smallest absolute Gasteiger partial charge is 0.416 e. The third kappa shape index (κ3) is 3.07. The zero-order chi connectivity index (χ0) is 16.4. The van der Waals surface area contributed by atoms with E-state index in [0.29, 0.717) is 0 Å². The number of rotatable bonds is 3. The van der Waals surface area contributed by atoms with E-state index in [4.69, 9.17) is 4.42 Å². The molecule has 1 amide bonds. The average Bonchev–Trinajstić information content (AvgIpc) is 3.20. The summed E-state index contributed by atoms with van der Waals surface area (Å²) < 4.78 is 44.8. The van der Waals surface area contributed by atoms with Crippen molar-refractivity contribution in [2.75, 3.05) is 5.32 Å². The summed E-state index contributed by atoms with van der Waals surface area (Å²) in [7, 11) is 0. The van der Waals surface area contributed by atoms with Crippen molar-refractivity contribution in [1.29, 1.82) is 0 Å². The first-order valence-corrected chi connectivity index (χ1v) is 6.36. The molecular formula is C14H9F3N4O2. The maximum atomic E-state index is 12.9. The number of nitrogens with zero attached hydrogens (tertiary/aromatic N) is 3. The SMILES string of the molecule is O=C(Nc1cc(C(F)(F)F)ccc1-n1cncn1)c1ccco1. The second kappa shape index (κ2) is 5.59. The molecule has 2 aromatic heterocycles. The highest BCUT2D eigenvalue weighted by molar-refractivity contribution is 6.03. The van der Waals surface area contributed by atoms with Gasteiger partial charge in [0.2, 0.25) is 0 Å². The molecule has 0 aliphatic rings. The van der Waals surface area contributed by atoms with Gasteiger partial charge in [0, 0.05) is 0 Å². The molecule has 0 bridgehead atoms. The van der Waals surface area contributed by atoms with Crippen LogP contribution in [-0.2, 0) is 6.18 Å². The largest absolute Gasteiger partial charge is 0.459 e. The number of alkyl halides is 3. The predicted octanol–water partition coefficient (Wildman–Crippen LogP) is 3.13. The summed E-state index contributed by atoms with van der Waals surface area (Å²) in [5.74, 6) is -0.692. The number of carbonyl (C=O) groups excluding carboxylic acids is 1. The number of halogens is 3. The minimum absolute atomic E-state index is 0.0213. The van der Waals surface area contributed by atoms with Gasteiger partial charge in [-0.2, -0.15) is 18.3 Å². The van der Waals surface area contributed by atoms with Gasteiger partial charge in [0.25, 0.3) is 5.91 Å². The Morgan fingerprint density at radius 3 is 2.70 bits per heavy atom. The van der Waals surface area contributed by atoms with E-state index in [1.807, 2.05) is 0 Å². The molecule has 0 fully saturated rings. The number of hydrogen-bond acceptors (Lipinski definition) is 4. The van der Waals surface area contributed by atoms with Crippen molar-refractivity contribution in [3.05, 3.63) is 60.6 Å². The number of aromatic nitrogens is 3.